The second-order valence-electron chi connectivity index (χ2n) is 14.4. The number of rotatable bonds is 3. The van der Waals surface area contributed by atoms with Crippen LogP contribution in [0.15, 0.2) is 182 Å². The average molecular weight is 721 g/mol. The number of hydrogen-bond acceptors (Lipinski definition) is 2. The number of benzene rings is 10. The Bertz CT molecular complexity index is 3440. The first kappa shape index (κ1) is 30.2. The average Bonchev–Trinajstić information content (AvgIpc) is 3.81. The summed E-state index contributed by atoms with van der Waals surface area (Å²) in [4.78, 5) is 0. The van der Waals surface area contributed by atoms with Crippen LogP contribution in [0.1, 0.15) is 1.43 Å². The highest BCUT2D eigenvalue weighted by Gasteiger charge is 2.18. The van der Waals surface area contributed by atoms with E-state index in [0.29, 0.717) is 0 Å². The Labute approximate surface area is 321 Å². The molecule has 0 aliphatic heterocycles. The van der Waals surface area contributed by atoms with Crippen molar-refractivity contribution < 1.29 is 1.43 Å². The summed E-state index contributed by atoms with van der Waals surface area (Å²) in [6, 6.07) is 67.7. The Morgan fingerprint density at radius 2 is 0.778 bits per heavy atom. The van der Waals surface area contributed by atoms with Gasteiger partial charge in [0.25, 0.3) is 0 Å². The molecule has 0 nitrogen and oxygen atoms in total. The molecule has 0 bridgehead atoms. The lowest BCUT2D eigenvalue weighted by Gasteiger charge is -2.18. The van der Waals surface area contributed by atoms with Crippen LogP contribution in [0.25, 0.3) is 117 Å². The van der Waals surface area contributed by atoms with Crippen LogP contribution in [0.2, 0.25) is 0 Å². The topological polar surface area (TPSA) is 0 Å². The predicted octanol–water partition coefficient (Wildman–Crippen LogP) is 16.3. The SMILES string of the molecule is [HH].c1ccc2cc(-c3c4ccccc4c(-c4ccc(-c5ccc6sc7c(ccc8c7sc7ccc9ccccc9c78)c6c5)cc4)c4ccccc34)ccc2c1. The molecule has 10 aromatic carbocycles. The first-order chi connectivity index (χ1) is 26.8. The van der Waals surface area contributed by atoms with E-state index < -0.39 is 0 Å². The zero-order valence-electron chi connectivity index (χ0n) is 29.1. The Kier molecular flexibility index (Phi) is 6.48. The van der Waals surface area contributed by atoms with Gasteiger partial charge in [-0.2, -0.15) is 0 Å². The summed E-state index contributed by atoms with van der Waals surface area (Å²) in [5.41, 5.74) is 7.55. The molecule has 2 heteroatoms. The van der Waals surface area contributed by atoms with Gasteiger partial charge >= 0.3 is 0 Å². The van der Waals surface area contributed by atoms with Gasteiger partial charge in [0.05, 0.1) is 9.40 Å². The normalized spacial score (nSPS) is 12.1. The van der Waals surface area contributed by atoms with Gasteiger partial charge in [0.1, 0.15) is 0 Å². The highest BCUT2D eigenvalue weighted by Crippen LogP contribution is 2.48. The third-order valence-corrected chi connectivity index (χ3v) is 14.0. The fourth-order valence-electron chi connectivity index (χ4n) is 8.94. The van der Waals surface area contributed by atoms with Crippen molar-refractivity contribution in [1.82, 2.24) is 0 Å². The minimum Gasteiger partial charge on any atom is -0.134 e. The molecule has 0 aliphatic rings. The van der Waals surface area contributed by atoms with Gasteiger partial charge in [-0.3, -0.25) is 0 Å². The number of fused-ring (bicyclic) bond motifs is 12. The van der Waals surface area contributed by atoms with Gasteiger partial charge in [-0.05, 0) is 101 Å². The molecule has 0 saturated carbocycles. The van der Waals surface area contributed by atoms with Crippen molar-refractivity contribution in [2.24, 2.45) is 0 Å². The van der Waals surface area contributed by atoms with Gasteiger partial charge in [0.15, 0.2) is 0 Å². The van der Waals surface area contributed by atoms with Gasteiger partial charge < -0.3 is 0 Å². The summed E-state index contributed by atoms with van der Waals surface area (Å²) in [5, 5.41) is 15.7. The molecule has 0 fully saturated rings. The van der Waals surface area contributed by atoms with Crippen LogP contribution in [0.3, 0.4) is 0 Å². The molecule has 0 saturated heterocycles. The summed E-state index contributed by atoms with van der Waals surface area (Å²) >= 11 is 3.86. The van der Waals surface area contributed by atoms with Crippen molar-refractivity contribution in [3.8, 4) is 33.4 Å². The van der Waals surface area contributed by atoms with E-state index in [1.54, 1.807) is 0 Å². The van der Waals surface area contributed by atoms with Crippen LogP contribution in [0, 0.1) is 0 Å². The third-order valence-electron chi connectivity index (χ3n) is 11.4. The van der Waals surface area contributed by atoms with E-state index in [-0.39, 0.29) is 1.43 Å². The maximum atomic E-state index is 2.40. The smallest absolute Gasteiger partial charge is 0.0534 e. The van der Waals surface area contributed by atoms with E-state index in [4.69, 9.17) is 0 Å². The molecule has 2 heterocycles. The second-order valence-corrected chi connectivity index (χ2v) is 16.5. The Morgan fingerprint density at radius 3 is 1.52 bits per heavy atom. The molecule has 0 spiro atoms. The van der Waals surface area contributed by atoms with Gasteiger partial charge in [-0.15, -0.1) is 22.7 Å². The Hall–Kier alpha value is -6.32. The lowest BCUT2D eigenvalue weighted by atomic mass is 9.85. The van der Waals surface area contributed by atoms with E-state index in [2.05, 4.69) is 182 Å². The monoisotopic (exact) mass is 720 g/mol. The maximum absolute atomic E-state index is 2.40. The molecule has 0 aliphatic carbocycles. The molecular formula is C52H32S2. The fraction of sp³-hybridized carbons (Fsp3) is 0. The first-order valence-electron chi connectivity index (χ1n) is 18.5. The van der Waals surface area contributed by atoms with E-state index in [0.717, 1.165) is 0 Å². The fourth-order valence-corrected chi connectivity index (χ4v) is 11.5. The summed E-state index contributed by atoms with van der Waals surface area (Å²) < 4.78 is 5.49. The molecule has 0 N–H and O–H groups in total. The van der Waals surface area contributed by atoms with Gasteiger partial charge in [0, 0.05) is 32.4 Å². The minimum atomic E-state index is 0. The Morgan fingerprint density at radius 1 is 0.278 bits per heavy atom. The molecular weight excluding hydrogens is 689 g/mol. The standard InChI is InChI=1S/C52H30S2.H2/c1-2-11-35-29-37(22-19-31(35)9-1)49-41-15-7-5-13-39(41)48(40-14-6-8-16-42(40)49)34-20-17-32(18-21-34)36-24-27-46-45(30-36)43-25-26-44-50-38-12-4-3-10-33(38)23-28-47(50)54-52(44)51(43)53-46;/h1-30H;1H. The number of hydrogen-bond donors (Lipinski definition) is 0. The van der Waals surface area contributed by atoms with E-state index in [9.17, 15) is 0 Å². The van der Waals surface area contributed by atoms with Crippen molar-refractivity contribution in [3.63, 3.8) is 0 Å². The lowest BCUT2D eigenvalue weighted by molar-refractivity contribution is 1.63. The molecule has 0 atom stereocenters. The van der Waals surface area contributed by atoms with Gasteiger partial charge in [-0.25, -0.2) is 0 Å². The zero-order valence-corrected chi connectivity index (χ0v) is 30.8. The number of thiophene rings is 2. The van der Waals surface area contributed by atoms with Crippen LogP contribution in [0.5, 0.6) is 0 Å². The molecule has 12 rings (SSSR count). The third kappa shape index (κ3) is 4.42. The predicted molar refractivity (Wildman–Crippen MR) is 241 cm³/mol. The highest BCUT2D eigenvalue weighted by atomic mass is 32.1. The maximum Gasteiger partial charge on any atom is 0.0534 e. The van der Waals surface area contributed by atoms with Crippen molar-refractivity contribution >= 4 is 106 Å². The van der Waals surface area contributed by atoms with Crippen molar-refractivity contribution in [2.75, 3.05) is 0 Å². The van der Waals surface area contributed by atoms with Crippen molar-refractivity contribution in [2.45, 2.75) is 0 Å². The van der Waals surface area contributed by atoms with Gasteiger partial charge in [-0.1, -0.05) is 158 Å². The van der Waals surface area contributed by atoms with E-state index in [1.807, 2.05) is 22.7 Å². The lowest BCUT2D eigenvalue weighted by Crippen LogP contribution is -1.91. The first-order valence-corrected chi connectivity index (χ1v) is 20.1. The van der Waals surface area contributed by atoms with Crippen LogP contribution in [0.4, 0.5) is 0 Å². The zero-order chi connectivity index (χ0) is 35.3. The summed E-state index contributed by atoms with van der Waals surface area (Å²) in [6.45, 7) is 0. The molecule has 252 valence electrons. The highest BCUT2D eigenvalue weighted by molar-refractivity contribution is 7.33. The van der Waals surface area contributed by atoms with Gasteiger partial charge in [0.2, 0.25) is 0 Å². The van der Waals surface area contributed by atoms with Crippen LogP contribution >= 0.6 is 22.7 Å². The van der Waals surface area contributed by atoms with Crippen LogP contribution in [-0.4, -0.2) is 0 Å². The largest absolute Gasteiger partial charge is 0.134 e. The summed E-state index contributed by atoms with van der Waals surface area (Å²) in [7, 11) is 0. The minimum absolute atomic E-state index is 0. The molecule has 0 unspecified atom stereocenters. The second kappa shape index (κ2) is 11.6. The molecule has 12 aromatic rings. The Balaban J connectivity index is 0.00000352. The molecule has 54 heavy (non-hydrogen) atoms. The van der Waals surface area contributed by atoms with Crippen LogP contribution in [-0.2, 0) is 0 Å². The van der Waals surface area contributed by atoms with E-state index in [1.165, 1.54) is 117 Å². The van der Waals surface area contributed by atoms with Crippen molar-refractivity contribution in [1.29, 1.82) is 0 Å². The van der Waals surface area contributed by atoms with E-state index >= 15 is 0 Å². The summed E-state index contributed by atoms with van der Waals surface area (Å²) in [5.74, 6) is 0. The summed E-state index contributed by atoms with van der Waals surface area (Å²) in [6.07, 6.45) is 0. The molecule has 0 amide bonds. The van der Waals surface area contributed by atoms with Crippen molar-refractivity contribution in [3.05, 3.63) is 182 Å². The quantitative estimate of drug-likeness (QED) is 0.159. The van der Waals surface area contributed by atoms with Crippen LogP contribution < -0.4 is 0 Å². The molecule has 2 aromatic heterocycles. The molecule has 0 radical (unpaired) electrons.